The van der Waals surface area contributed by atoms with Crippen molar-refractivity contribution in [2.75, 3.05) is 0 Å². The Morgan fingerprint density at radius 3 is 2.55 bits per heavy atom. The number of hydrogen-bond acceptors (Lipinski definition) is 2. The van der Waals surface area contributed by atoms with E-state index in [4.69, 9.17) is 0 Å². The third kappa shape index (κ3) is 2.71. The van der Waals surface area contributed by atoms with Gasteiger partial charge in [-0.05, 0) is 56.8 Å². The van der Waals surface area contributed by atoms with Gasteiger partial charge in [0, 0.05) is 11.8 Å². The third-order valence-corrected chi connectivity index (χ3v) is 6.76. The smallest absolute Gasteiger partial charge is 0.138 e. The summed E-state index contributed by atoms with van der Waals surface area (Å²) in [6, 6.07) is 0. The zero-order chi connectivity index (χ0) is 16.8. The number of carbonyl (C=O) groups excluding carboxylic acids is 1. The van der Waals surface area contributed by atoms with Crippen LogP contribution in [0, 0.1) is 22.7 Å². The van der Waals surface area contributed by atoms with Crippen LogP contribution in [0.15, 0.2) is 24.3 Å². The molecular formula is C20H32O2. The highest BCUT2D eigenvalue weighted by Crippen LogP contribution is 2.61. The molecule has 0 unspecified atom stereocenters. The highest BCUT2D eigenvalue weighted by molar-refractivity contribution is 5.85. The van der Waals surface area contributed by atoms with Crippen LogP contribution in [0.2, 0.25) is 0 Å². The molecule has 0 saturated heterocycles. The van der Waals surface area contributed by atoms with Crippen LogP contribution in [0.3, 0.4) is 0 Å². The van der Waals surface area contributed by atoms with Gasteiger partial charge in [0.1, 0.15) is 5.78 Å². The molecule has 0 heterocycles. The lowest BCUT2D eigenvalue weighted by molar-refractivity contribution is -0.175. The highest BCUT2D eigenvalue weighted by Gasteiger charge is 2.59. The van der Waals surface area contributed by atoms with E-state index in [1.807, 2.05) is 13.0 Å². The molecule has 2 fully saturated rings. The van der Waals surface area contributed by atoms with Crippen molar-refractivity contribution in [3.8, 4) is 0 Å². The van der Waals surface area contributed by atoms with Crippen molar-refractivity contribution in [1.29, 1.82) is 0 Å². The second-order valence-electron chi connectivity index (χ2n) is 8.54. The summed E-state index contributed by atoms with van der Waals surface area (Å²) < 4.78 is 0. The molecule has 2 aliphatic carbocycles. The van der Waals surface area contributed by atoms with E-state index in [1.165, 1.54) is 0 Å². The number of carbonyl (C=O) groups is 1. The van der Waals surface area contributed by atoms with Crippen LogP contribution in [-0.2, 0) is 4.79 Å². The lowest BCUT2D eigenvalue weighted by Gasteiger charge is -2.60. The summed E-state index contributed by atoms with van der Waals surface area (Å²) in [7, 11) is 0. The Labute approximate surface area is 135 Å². The van der Waals surface area contributed by atoms with Crippen molar-refractivity contribution < 1.29 is 9.90 Å². The van der Waals surface area contributed by atoms with E-state index in [0.29, 0.717) is 18.1 Å². The predicted molar refractivity (Wildman–Crippen MR) is 91.5 cm³/mol. The van der Waals surface area contributed by atoms with Gasteiger partial charge in [-0.15, -0.1) is 0 Å². The first-order valence-corrected chi connectivity index (χ1v) is 8.60. The minimum absolute atomic E-state index is 0.0249. The van der Waals surface area contributed by atoms with Gasteiger partial charge in [-0.1, -0.05) is 45.1 Å². The predicted octanol–water partition coefficient (Wildman–Crippen LogP) is 4.68. The number of hydrogen-bond donors (Lipinski definition) is 1. The molecular weight excluding hydrogens is 272 g/mol. The first kappa shape index (κ1) is 17.5. The van der Waals surface area contributed by atoms with Gasteiger partial charge in [0.05, 0.1) is 5.60 Å². The van der Waals surface area contributed by atoms with Crippen LogP contribution < -0.4 is 0 Å². The number of ketones is 1. The topological polar surface area (TPSA) is 37.3 Å². The van der Waals surface area contributed by atoms with E-state index in [-0.39, 0.29) is 16.7 Å². The Balaban J connectivity index is 2.40. The van der Waals surface area contributed by atoms with Crippen LogP contribution in [0.1, 0.15) is 66.7 Å². The van der Waals surface area contributed by atoms with E-state index >= 15 is 0 Å². The molecule has 2 nitrogen and oxygen atoms in total. The zero-order valence-corrected chi connectivity index (χ0v) is 14.9. The molecule has 0 aliphatic heterocycles. The Bertz CT molecular complexity index is 498. The van der Waals surface area contributed by atoms with Crippen molar-refractivity contribution in [2.45, 2.75) is 72.3 Å². The molecule has 0 bridgehead atoms. The van der Waals surface area contributed by atoms with Crippen LogP contribution in [0.25, 0.3) is 0 Å². The summed E-state index contributed by atoms with van der Waals surface area (Å²) in [6.45, 7) is 14.4. The average molecular weight is 304 g/mol. The van der Waals surface area contributed by atoms with Gasteiger partial charge < -0.3 is 5.11 Å². The summed E-state index contributed by atoms with van der Waals surface area (Å²) in [6.07, 6.45) is 8.22. The molecule has 2 aliphatic rings. The molecule has 1 N–H and O–H groups in total. The quantitative estimate of drug-likeness (QED) is 0.769. The average Bonchev–Trinajstić information content (AvgIpc) is 2.41. The minimum Gasteiger partial charge on any atom is -0.390 e. The summed E-state index contributed by atoms with van der Waals surface area (Å²) in [5, 5.41) is 11.0. The van der Waals surface area contributed by atoms with Gasteiger partial charge in [-0.3, -0.25) is 4.79 Å². The zero-order valence-electron chi connectivity index (χ0n) is 14.9. The third-order valence-electron chi connectivity index (χ3n) is 6.76. The van der Waals surface area contributed by atoms with Crippen molar-refractivity contribution >= 4 is 5.78 Å². The summed E-state index contributed by atoms with van der Waals surface area (Å²) in [5.74, 6) is 0.956. The van der Waals surface area contributed by atoms with E-state index in [2.05, 4.69) is 40.3 Å². The van der Waals surface area contributed by atoms with E-state index in [0.717, 1.165) is 31.3 Å². The lowest BCUT2D eigenvalue weighted by atomic mass is 9.45. The largest absolute Gasteiger partial charge is 0.390 e. The molecule has 0 radical (unpaired) electrons. The minimum atomic E-state index is -0.653. The number of Topliss-reactive ketones (excluding diaryl/α,β-unsaturated/α-hetero) is 1. The first-order chi connectivity index (χ1) is 10.1. The Morgan fingerprint density at radius 2 is 1.95 bits per heavy atom. The second-order valence-corrected chi connectivity index (χ2v) is 8.54. The van der Waals surface area contributed by atoms with Crippen molar-refractivity contribution in [2.24, 2.45) is 22.7 Å². The molecule has 0 spiro atoms. The molecule has 22 heavy (non-hydrogen) atoms. The maximum Gasteiger partial charge on any atom is 0.138 e. The van der Waals surface area contributed by atoms with Crippen molar-refractivity contribution in [1.82, 2.24) is 0 Å². The normalized spacial score (nSPS) is 41.9. The van der Waals surface area contributed by atoms with Gasteiger partial charge >= 0.3 is 0 Å². The monoisotopic (exact) mass is 304 g/mol. The standard InChI is InChI=1S/C20H32O2/c1-7-14(2)8-9-16-19(5)12-11-17(21)18(3,4)15(19)10-13-20(16,6)22/h7-8,15-16,22H,1,9-13H2,2-6H3/b14-8+/t15-,16+,19-,20+/m1/s1. The number of aliphatic hydroxyl groups is 1. The second kappa shape index (κ2) is 5.63. The van der Waals surface area contributed by atoms with Gasteiger partial charge in [0.2, 0.25) is 0 Å². The van der Waals surface area contributed by atoms with Crippen LogP contribution >= 0.6 is 0 Å². The molecule has 0 amide bonds. The van der Waals surface area contributed by atoms with Gasteiger partial charge in [-0.2, -0.15) is 0 Å². The molecule has 4 atom stereocenters. The molecule has 2 rings (SSSR count). The van der Waals surface area contributed by atoms with Crippen molar-refractivity contribution in [3.63, 3.8) is 0 Å². The van der Waals surface area contributed by atoms with E-state index in [1.54, 1.807) is 0 Å². The Kier molecular flexibility index (Phi) is 4.47. The van der Waals surface area contributed by atoms with Gasteiger partial charge in [-0.25, -0.2) is 0 Å². The summed E-state index contributed by atoms with van der Waals surface area (Å²) in [4.78, 5) is 12.4. The molecule has 0 aromatic heterocycles. The fourth-order valence-corrected chi connectivity index (χ4v) is 5.24. The van der Waals surface area contributed by atoms with Crippen LogP contribution in [-0.4, -0.2) is 16.5 Å². The molecule has 2 heteroatoms. The van der Waals surface area contributed by atoms with Crippen LogP contribution in [0.4, 0.5) is 0 Å². The maximum atomic E-state index is 12.4. The SMILES string of the molecule is C=C/C(C)=C/C[C@H]1[C@]2(C)CCC(=O)C(C)(C)[C@H]2CC[C@]1(C)O. The molecule has 124 valence electrons. The molecule has 2 saturated carbocycles. The Morgan fingerprint density at radius 1 is 1.32 bits per heavy atom. The fourth-order valence-electron chi connectivity index (χ4n) is 5.24. The summed E-state index contributed by atoms with van der Waals surface area (Å²) in [5.41, 5.74) is 0.267. The van der Waals surface area contributed by atoms with Crippen LogP contribution in [0.5, 0.6) is 0 Å². The Hall–Kier alpha value is -0.890. The number of allylic oxidation sites excluding steroid dienone is 3. The number of fused-ring (bicyclic) bond motifs is 1. The molecule has 0 aromatic carbocycles. The first-order valence-electron chi connectivity index (χ1n) is 8.60. The fraction of sp³-hybridized carbons (Fsp3) is 0.750. The highest BCUT2D eigenvalue weighted by atomic mass is 16.3. The van der Waals surface area contributed by atoms with E-state index < -0.39 is 5.60 Å². The van der Waals surface area contributed by atoms with E-state index in [9.17, 15) is 9.90 Å². The molecule has 0 aromatic rings. The maximum absolute atomic E-state index is 12.4. The van der Waals surface area contributed by atoms with Crippen molar-refractivity contribution in [3.05, 3.63) is 24.3 Å². The summed E-state index contributed by atoms with van der Waals surface area (Å²) >= 11 is 0. The number of rotatable bonds is 3. The van der Waals surface area contributed by atoms with Gasteiger partial charge in [0.25, 0.3) is 0 Å². The lowest BCUT2D eigenvalue weighted by Crippen LogP contribution is -2.59. The van der Waals surface area contributed by atoms with Gasteiger partial charge in [0.15, 0.2) is 0 Å².